The zero-order chi connectivity index (χ0) is 14.7. The van der Waals surface area contributed by atoms with Crippen LogP contribution in [-0.2, 0) is 6.42 Å². The molecule has 0 atom stereocenters. The van der Waals surface area contributed by atoms with E-state index < -0.39 is 0 Å². The van der Waals surface area contributed by atoms with Crippen LogP contribution in [-0.4, -0.2) is 16.5 Å². The molecule has 0 saturated heterocycles. The maximum Gasteiger partial charge on any atom is 0.163 e. The summed E-state index contributed by atoms with van der Waals surface area (Å²) in [7, 11) is 0. The van der Waals surface area contributed by atoms with E-state index in [4.69, 9.17) is 11.6 Å². The van der Waals surface area contributed by atoms with Crippen LogP contribution in [0.4, 0.5) is 5.82 Å². The normalized spacial score (nSPS) is 10.7. The third-order valence-electron chi connectivity index (χ3n) is 3.10. The summed E-state index contributed by atoms with van der Waals surface area (Å²) in [5.74, 6) is 1.55. The maximum atomic E-state index is 6.30. The highest BCUT2D eigenvalue weighted by Crippen LogP contribution is 2.30. The molecule has 0 spiro atoms. The zero-order valence-electron chi connectivity index (χ0n) is 11.8. The Kier molecular flexibility index (Phi) is 5.00. The molecule has 1 aromatic carbocycles. The number of hydrogen-bond acceptors (Lipinski definition) is 3. The van der Waals surface area contributed by atoms with Crippen LogP contribution in [0.3, 0.4) is 0 Å². The molecule has 1 N–H and O–H groups in total. The molecule has 1 aromatic heterocycles. The van der Waals surface area contributed by atoms with Crippen molar-refractivity contribution in [2.45, 2.75) is 27.2 Å². The van der Waals surface area contributed by atoms with Gasteiger partial charge in [0.15, 0.2) is 5.82 Å². The molecule has 0 aliphatic carbocycles. The van der Waals surface area contributed by atoms with Crippen molar-refractivity contribution in [3.05, 3.63) is 39.0 Å². The summed E-state index contributed by atoms with van der Waals surface area (Å²) in [6, 6.07) is 5.74. The van der Waals surface area contributed by atoms with Gasteiger partial charge in [0.05, 0.1) is 5.02 Å². The first-order chi connectivity index (χ1) is 9.56. The van der Waals surface area contributed by atoms with Crippen LogP contribution in [0, 0.1) is 6.92 Å². The lowest BCUT2D eigenvalue weighted by Crippen LogP contribution is -2.07. The van der Waals surface area contributed by atoms with Gasteiger partial charge < -0.3 is 5.32 Å². The highest BCUT2D eigenvalue weighted by Gasteiger charge is 2.13. The van der Waals surface area contributed by atoms with Crippen molar-refractivity contribution >= 4 is 33.3 Å². The molecule has 106 valence electrons. The van der Waals surface area contributed by atoms with Gasteiger partial charge in [-0.1, -0.05) is 34.5 Å². The fraction of sp³-hybridized carbons (Fsp3) is 0.333. The Hall–Kier alpha value is -1.13. The molecule has 20 heavy (non-hydrogen) atoms. The van der Waals surface area contributed by atoms with E-state index in [2.05, 4.69) is 45.1 Å². The predicted molar refractivity (Wildman–Crippen MR) is 88.5 cm³/mol. The number of nitrogens with zero attached hydrogens (tertiary/aromatic N) is 2. The molecule has 1 heterocycles. The molecular formula is C15H17BrClN3. The van der Waals surface area contributed by atoms with Crippen molar-refractivity contribution in [2.75, 3.05) is 11.9 Å². The van der Waals surface area contributed by atoms with Crippen molar-refractivity contribution in [1.29, 1.82) is 0 Å². The molecule has 0 fully saturated rings. The minimum Gasteiger partial charge on any atom is -0.370 e. The molecule has 0 aliphatic rings. The van der Waals surface area contributed by atoms with Crippen LogP contribution in [0.5, 0.6) is 0 Å². The van der Waals surface area contributed by atoms with Gasteiger partial charge in [0.2, 0.25) is 0 Å². The summed E-state index contributed by atoms with van der Waals surface area (Å²) in [4.78, 5) is 9.25. The second-order valence-electron chi connectivity index (χ2n) is 4.48. The fourth-order valence-electron chi connectivity index (χ4n) is 2.04. The Morgan fingerprint density at radius 3 is 2.60 bits per heavy atom. The monoisotopic (exact) mass is 353 g/mol. The lowest BCUT2D eigenvalue weighted by atomic mass is 10.1. The summed E-state index contributed by atoms with van der Waals surface area (Å²) in [6.45, 7) is 7.02. The molecule has 2 rings (SSSR count). The van der Waals surface area contributed by atoms with Crippen LogP contribution >= 0.6 is 27.5 Å². The minimum absolute atomic E-state index is 0.646. The number of aromatic nitrogens is 2. The van der Waals surface area contributed by atoms with Crippen LogP contribution in [0.15, 0.2) is 22.7 Å². The van der Waals surface area contributed by atoms with Gasteiger partial charge in [-0.15, -0.1) is 0 Å². The zero-order valence-corrected chi connectivity index (χ0v) is 14.1. The molecule has 0 amide bonds. The lowest BCUT2D eigenvalue weighted by molar-refractivity contribution is 0.970. The third kappa shape index (κ3) is 3.13. The second kappa shape index (κ2) is 6.55. The number of anilines is 1. The van der Waals surface area contributed by atoms with E-state index in [-0.39, 0.29) is 0 Å². The van der Waals surface area contributed by atoms with Crippen molar-refractivity contribution in [3.63, 3.8) is 0 Å². The summed E-state index contributed by atoms with van der Waals surface area (Å²) < 4.78 is 0.945. The maximum absolute atomic E-state index is 6.30. The van der Waals surface area contributed by atoms with Crippen LogP contribution in [0.1, 0.15) is 25.1 Å². The summed E-state index contributed by atoms with van der Waals surface area (Å²) in [5.41, 5.74) is 3.00. The molecule has 0 radical (unpaired) electrons. The van der Waals surface area contributed by atoms with E-state index in [1.807, 2.05) is 25.1 Å². The molecule has 3 nitrogen and oxygen atoms in total. The SMILES string of the molecule is CCNc1nc(-c2ccc(Br)cc2Cl)nc(CC)c1C. The molecule has 0 aliphatic heterocycles. The summed E-state index contributed by atoms with van der Waals surface area (Å²) >= 11 is 9.71. The van der Waals surface area contributed by atoms with E-state index in [1.165, 1.54) is 0 Å². The Morgan fingerprint density at radius 2 is 2.00 bits per heavy atom. The number of rotatable bonds is 4. The smallest absolute Gasteiger partial charge is 0.163 e. The Labute approximate surface area is 132 Å². The number of aryl methyl sites for hydroxylation is 1. The standard InChI is InChI=1S/C15H17BrClN3/c1-4-13-9(3)14(18-5-2)20-15(19-13)11-7-6-10(16)8-12(11)17/h6-8H,4-5H2,1-3H3,(H,18,19,20). The van der Waals surface area contributed by atoms with Crippen molar-refractivity contribution in [1.82, 2.24) is 9.97 Å². The average molecular weight is 355 g/mol. The van der Waals surface area contributed by atoms with Gasteiger partial charge in [-0.25, -0.2) is 9.97 Å². The van der Waals surface area contributed by atoms with Gasteiger partial charge in [-0.3, -0.25) is 0 Å². The van der Waals surface area contributed by atoms with Gasteiger partial charge in [0.1, 0.15) is 5.82 Å². The van der Waals surface area contributed by atoms with Gasteiger partial charge in [0.25, 0.3) is 0 Å². The second-order valence-corrected chi connectivity index (χ2v) is 5.80. The van der Waals surface area contributed by atoms with Crippen LogP contribution < -0.4 is 5.32 Å². The van der Waals surface area contributed by atoms with E-state index in [1.54, 1.807) is 0 Å². The molecule has 5 heteroatoms. The number of benzene rings is 1. The van der Waals surface area contributed by atoms with Crippen molar-refractivity contribution in [2.24, 2.45) is 0 Å². The van der Waals surface area contributed by atoms with E-state index in [0.29, 0.717) is 10.8 Å². The van der Waals surface area contributed by atoms with Crippen LogP contribution in [0.2, 0.25) is 5.02 Å². The quantitative estimate of drug-likeness (QED) is 0.852. The van der Waals surface area contributed by atoms with Crippen molar-refractivity contribution in [3.8, 4) is 11.4 Å². The number of halogens is 2. The summed E-state index contributed by atoms with van der Waals surface area (Å²) in [5, 5.41) is 3.93. The predicted octanol–water partition coefficient (Wildman–Crippen LogP) is 4.86. The topological polar surface area (TPSA) is 37.8 Å². The van der Waals surface area contributed by atoms with Crippen molar-refractivity contribution < 1.29 is 0 Å². The Balaban J connectivity index is 2.58. The van der Waals surface area contributed by atoms with Gasteiger partial charge in [0, 0.05) is 27.8 Å². The highest BCUT2D eigenvalue weighted by atomic mass is 79.9. The first-order valence-corrected chi connectivity index (χ1v) is 7.80. The minimum atomic E-state index is 0.646. The van der Waals surface area contributed by atoms with Crippen LogP contribution in [0.25, 0.3) is 11.4 Å². The van der Waals surface area contributed by atoms with Gasteiger partial charge >= 0.3 is 0 Å². The van der Waals surface area contributed by atoms with Gasteiger partial charge in [-0.2, -0.15) is 0 Å². The molecule has 0 unspecified atom stereocenters. The fourth-order valence-corrected chi connectivity index (χ4v) is 2.80. The van der Waals surface area contributed by atoms with E-state index >= 15 is 0 Å². The molecule has 0 bridgehead atoms. The summed E-state index contributed by atoms with van der Waals surface area (Å²) in [6.07, 6.45) is 0.869. The third-order valence-corrected chi connectivity index (χ3v) is 3.90. The molecule has 0 saturated carbocycles. The highest BCUT2D eigenvalue weighted by molar-refractivity contribution is 9.10. The average Bonchev–Trinajstić information content (AvgIpc) is 2.41. The first kappa shape index (κ1) is 15.3. The number of nitrogens with one attached hydrogen (secondary N) is 1. The number of hydrogen-bond donors (Lipinski definition) is 1. The largest absolute Gasteiger partial charge is 0.370 e. The Morgan fingerprint density at radius 1 is 1.25 bits per heavy atom. The van der Waals surface area contributed by atoms with E-state index in [9.17, 15) is 0 Å². The molecular weight excluding hydrogens is 338 g/mol. The molecule has 2 aromatic rings. The first-order valence-electron chi connectivity index (χ1n) is 6.63. The van der Waals surface area contributed by atoms with E-state index in [0.717, 1.165) is 40.1 Å². The van der Waals surface area contributed by atoms with Gasteiger partial charge in [-0.05, 0) is 38.5 Å². The Bertz CT molecular complexity index is 629. The lowest BCUT2D eigenvalue weighted by Gasteiger charge is -2.13.